The van der Waals surface area contributed by atoms with Crippen LogP contribution in [0.4, 0.5) is 0 Å². The van der Waals surface area contributed by atoms with Gasteiger partial charge in [-0.05, 0) is 42.7 Å². The fraction of sp³-hybridized carbons (Fsp3) is 0.143. The lowest BCUT2D eigenvalue weighted by molar-refractivity contribution is -0.124. The zero-order valence-electron chi connectivity index (χ0n) is 18.8. The molecule has 4 rings (SSSR count). The summed E-state index contributed by atoms with van der Waals surface area (Å²) < 4.78 is 2.32. The number of carbonyl (C=O) groups excluding carboxylic acids is 1. The van der Waals surface area contributed by atoms with Gasteiger partial charge in [0.25, 0.3) is 5.91 Å². The maximum atomic E-state index is 11.4. The molecule has 33 heavy (non-hydrogen) atoms. The van der Waals surface area contributed by atoms with Gasteiger partial charge >= 0.3 is 0 Å². The van der Waals surface area contributed by atoms with Crippen LogP contribution in [-0.4, -0.2) is 20.7 Å². The van der Waals surface area contributed by atoms with E-state index in [0.29, 0.717) is 0 Å². The summed E-state index contributed by atoms with van der Waals surface area (Å²) in [7, 11) is 0. The molecule has 0 saturated heterocycles. The lowest BCUT2D eigenvalue weighted by atomic mass is 10.0. The van der Waals surface area contributed by atoms with Crippen LogP contribution >= 0.6 is 0 Å². The normalized spacial score (nSPS) is 12.1. The Balaban J connectivity index is 1.83. The molecule has 0 unspecified atom stereocenters. The Kier molecular flexibility index (Phi) is 6.81. The SMILES string of the molecule is Cc1nc(Cc2ccccc2)n([C@H](C)c2ccccc2)c1-c1cccc(/C=C/C(=O)NO)c1. The number of rotatable bonds is 7. The summed E-state index contributed by atoms with van der Waals surface area (Å²) in [5.41, 5.74) is 7.93. The lowest BCUT2D eigenvalue weighted by Gasteiger charge is -2.21. The second kappa shape index (κ2) is 10.1. The molecule has 1 heterocycles. The Morgan fingerprint density at radius 1 is 1.03 bits per heavy atom. The summed E-state index contributed by atoms with van der Waals surface area (Å²) in [5.74, 6) is 0.440. The summed E-state index contributed by atoms with van der Waals surface area (Å²) >= 11 is 0. The summed E-state index contributed by atoms with van der Waals surface area (Å²) in [4.78, 5) is 16.4. The maximum Gasteiger partial charge on any atom is 0.267 e. The third-order valence-electron chi connectivity index (χ3n) is 5.73. The van der Waals surface area contributed by atoms with Crippen LogP contribution < -0.4 is 5.48 Å². The predicted octanol–water partition coefficient (Wildman–Crippen LogP) is 5.58. The number of hydrogen-bond donors (Lipinski definition) is 2. The topological polar surface area (TPSA) is 67.2 Å². The fourth-order valence-corrected chi connectivity index (χ4v) is 4.15. The van der Waals surface area contributed by atoms with Crippen LogP contribution in [0.25, 0.3) is 17.3 Å². The molecule has 0 aliphatic rings. The molecule has 1 atom stereocenters. The first-order valence-corrected chi connectivity index (χ1v) is 11.0. The molecule has 0 radical (unpaired) electrons. The number of hydrogen-bond acceptors (Lipinski definition) is 3. The predicted molar refractivity (Wildman–Crippen MR) is 131 cm³/mol. The Labute approximate surface area is 194 Å². The number of aromatic nitrogens is 2. The largest absolute Gasteiger partial charge is 0.320 e. The van der Waals surface area contributed by atoms with E-state index in [1.807, 2.05) is 37.3 Å². The molecule has 0 spiro atoms. The molecule has 4 aromatic rings. The van der Waals surface area contributed by atoms with E-state index in [1.54, 1.807) is 11.6 Å². The summed E-state index contributed by atoms with van der Waals surface area (Å²) in [5, 5.41) is 8.75. The van der Waals surface area contributed by atoms with E-state index in [-0.39, 0.29) is 6.04 Å². The minimum atomic E-state index is -0.565. The molecule has 3 aromatic carbocycles. The molecule has 1 aromatic heterocycles. The minimum Gasteiger partial charge on any atom is -0.320 e. The van der Waals surface area contributed by atoms with E-state index >= 15 is 0 Å². The van der Waals surface area contributed by atoms with Crippen LogP contribution in [0.5, 0.6) is 0 Å². The zero-order chi connectivity index (χ0) is 23.2. The number of carbonyl (C=O) groups is 1. The third kappa shape index (κ3) is 5.10. The van der Waals surface area contributed by atoms with Crippen molar-refractivity contribution in [3.8, 4) is 11.3 Å². The van der Waals surface area contributed by atoms with E-state index in [0.717, 1.165) is 34.8 Å². The van der Waals surface area contributed by atoms with E-state index in [1.165, 1.54) is 17.2 Å². The van der Waals surface area contributed by atoms with Crippen molar-refractivity contribution < 1.29 is 10.0 Å². The second-order valence-electron chi connectivity index (χ2n) is 8.02. The van der Waals surface area contributed by atoms with Gasteiger partial charge < -0.3 is 4.57 Å². The number of benzene rings is 3. The van der Waals surface area contributed by atoms with Crippen LogP contribution in [0.15, 0.2) is 91.0 Å². The molecule has 0 fully saturated rings. The molecule has 5 heteroatoms. The minimum absolute atomic E-state index is 0.0838. The van der Waals surface area contributed by atoms with Gasteiger partial charge in [0.15, 0.2) is 0 Å². The molecular formula is C28H27N3O2. The molecule has 0 aliphatic carbocycles. The Morgan fingerprint density at radius 2 is 1.73 bits per heavy atom. The summed E-state index contributed by atoms with van der Waals surface area (Å²) in [6.45, 7) is 4.24. The van der Waals surface area contributed by atoms with Crippen molar-refractivity contribution in [3.05, 3.63) is 119 Å². The molecule has 2 N–H and O–H groups in total. The van der Waals surface area contributed by atoms with Gasteiger partial charge in [0.05, 0.1) is 17.4 Å². The fourth-order valence-electron chi connectivity index (χ4n) is 4.15. The Morgan fingerprint density at radius 3 is 2.42 bits per heavy atom. The van der Waals surface area contributed by atoms with Gasteiger partial charge in [-0.1, -0.05) is 78.9 Å². The summed E-state index contributed by atoms with van der Waals surface area (Å²) in [6.07, 6.45) is 3.71. The number of imidazole rings is 1. The molecule has 0 bridgehead atoms. The quantitative estimate of drug-likeness (QED) is 0.225. The van der Waals surface area contributed by atoms with Crippen molar-refractivity contribution in [3.63, 3.8) is 0 Å². The maximum absolute atomic E-state index is 11.4. The van der Waals surface area contributed by atoms with Gasteiger partial charge in [-0.15, -0.1) is 0 Å². The number of aryl methyl sites for hydroxylation is 1. The van der Waals surface area contributed by atoms with E-state index < -0.39 is 5.91 Å². The molecule has 166 valence electrons. The van der Waals surface area contributed by atoms with Gasteiger partial charge in [0.2, 0.25) is 0 Å². The molecule has 0 saturated carbocycles. The molecular weight excluding hydrogens is 410 g/mol. The van der Waals surface area contributed by atoms with E-state index in [4.69, 9.17) is 10.2 Å². The Bertz CT molecular complexity index is 1260. The average molecular weight is 438 g/mol. The van der Waals surface area contributed by atoms with Crippen LogP contribution in [0.3, 0.4) is 0 Å². The first-order valence-electron chi connectivity index (χ1n) is 11.0. The van der Waals surface area contributed by atoms with Crippen molar-refractivity contribution in [2.45, 2.75) is 26.3 Å². The van der Waals surface area contributed by atoms with Gasteiger partial charge in [0.1, 0.15) is 5.82 Å². The highest BCUT2D eigenvalue weighted by atomic mass is 16.5. The van der Waals surface area contributed by atoms with Crippen molar-refractivity contribution in [1.29, 1.82) is 0 Å². The first kappa shape index (κ1) is 22.2. The van der Waals surface area contributed by atoms with Crippen molar-refractivity contribution >= 4 is 12.0 Å². The van der Waals surface area contributed by atoms with Gasteiger partial charge in [-0.3, -0.25) is 10.0 Å². The van der Waals surface area contributed by atoms with Gasteiger partial charge in [0, 0.05) is 18.1 Å². The highest BCUT2D eigenvalue weighted by Gasteiger charge is 2.21. The monoisotopic (exact) mass is 437 g/mol. The third-order valence-corrected chi connectivity index (χ3v) is 5.73. The number of hydroxylamine groups is 1. The van der Waals surface area contributed by atoms with Gasteiger partial charge in [-0.25, -0.2) is 10.5 Å². The van der Waals surface area contributed by atoms with Crippen molar-refractivity contribution in [2.24, 2.45) is 0 Å². The standard InChI is InChI=1S/C28H27N3O2/c1-20-28(25-15-9-12-23(18-25)16-17-27(32)30-33)31(21(2)24-13-7-4-8-14-24)26(29-20)19-22-10-5-3-6-11-22/h3-18,21,33H,19H2,1-2H3,(H,30,32)/b17-16+/t21-/m1/s1. The number of nitrogens with one attached hydrogen (secondary N) is 1. The van der Waals surface area contributed by atoms with Crippen molar-refractivity contribution in [2.75, 3.05) is 0 Å². The van der Waals surface area contributed by atoms with Crippen LogP contribution in [-0.2, 0) is 11.2 Å². The highest BCUT2D eigenvalue weighted by molar-refractivity contribution is 5.91. The van der Waals surface area contributed by atoms with Crippen LogP contribution in [0.2, 0.25) is 0 Å². The average Bonchev–Trinajstić information content (AvgIpc) is 3.18. The summed E-state index contributed by atoms with van der Waals surface area (Å²) in [6, 6.07) is 28.9. The van der Waals surface area contributed by atoms with Crippen molar-refractivity contribution in [1.82, 2.24) is 15.0 Å². The highest BCUT2D eigenvalue weighted by Crippen LogP contribution is 2.32. The number of nitrogens with zero attached hydrogens (tertiary/aromatic N) is 2. The molecule has 5 nitrogen and oxygen atoms in total. The van der Waals surface area contributed by atoms with E-state index in [2.05, 4.69) is 66.1 Å². The number of amides is 1. The first-order chi connectivity index (χ1) is 16.1. The second-order valence-corrected chi connectivity index (χ2v) is 8.02. The van der Waals surface area contributed by atoms with Crippen LogP contribution in [0.1, 0.15) is 41.2 Å². The molecule has 1 amide bonds. The smallest absolute Gasteiger partial charge is 0.267 e. The molecule has 0 aliphatic heterocycles. The van der Waals surface area contributed by atoms with Crippen LogP contribution in [0, 0.1) is 6.92 Å². The van der Waals surface area contributed by atoms with E-state index in [9.17, 15) is 4.79 Å². The Hall–Kier alpha value is -3.96. The van der Waals surface area contributed by atoms with Gasteiger partial charge in [-0.2, -0.15) is 0 Å². The zero-order valence-corrected chi connectivity index (χ0v) is 18.8. The lowest BCUT2D eigenvalue weighted by Crippen LogP contribution is -2.14.